The molecule has 0 aliphatic heterocycles. The summed E-state index contributed by atoms with van der Waals surface area (Å²) in [5, 5.41) is 3.38. The van der Waals surface area contributed by atoms with E-state index in [0.29, 0.717) is 11.6 Å². The molecule has 0 saturated heterocycles. The highest BCUT2D eigenvalue weighted by Crippen LogP contribution is 2.29. The normalized spacial score (nSPS) is 12.0. The SMILES string of the molecule is Cc1ccc(CN(C(=O)CN(c2ccc(C)c(Cl)c2)S(=O)(=O)c2ccccc2)[C@@H](Cc2ccccc2)C(=O)NCC(C)C)cc1. The number of anilines is 1. The standard InChI is InChI=1S/C36H40ClN3O4S/c1-26(2)23-38-36(42)34(21-29-11-7-5-8-12-29)39(24-30-18-15-27(3)16-19-30)35(41)25-40(31-20-17-28(4)33(37)22-31)45(43,44)32-13-9-6-10-14-32/h5-20,22,26,34H,21,23-25H2,1-4H3,(H,38,42)/t34-/m0/s1. The minimum atomic E-state index is -4.19. The first-order valence-corrected chi connectivity index (χ1v) is 16.8. The van der Waals surface area contributed by atoms with Crippen molar-refractivity contribution in [3.05, 3.63) is 130 Å². The van der Waals surface area contributed by atoms with Crippen LogP contribution in [0.25, 0.3) is 0 Å². The largest absolute Gasteiger partial charge is 0.354 e. The van der Waals surface area contributed by atoms with E-state index in [1.54, 1.807) is 36.4 Å². The van der Waals surface area contributed by atoms with Gasteiger partial charge in [0.1, 0.15) is 12.6 Å². The van der Waals surface area contributed by atoms with E-state index in [-0.39, 0.29) is 35.4 Å². The maximum absolute atomic E-state index is 14.5. The van der Waals surface area contributed by atoms with Crippen LogP contribution >= 0.6 is 11.6 Å². The number of hydrogen-bond donors (Lipinski definition) is 1. The predicted molar refractivity (Wildman–Crippen MR) is 181 cm³/mol. The first-order valence-electron chi connectivity index (χ1n) is 15.0. The van der Waals surface area contributed by atoms with Gasteiger partial charge in [-0.1, -0.05) is 110 Å². The summed E-state index contributed by atoms with van der Waals surface area (Å²) in [6, 6.07) is 29.2. The van der Waals surface area contributed by atoms with Gasteiger partial charge in [0.05, 0.1) is 10.6 Å². The molecule has 0 saturated carbocycles. The average molecular weight is 646 g/mol. The molecule has 1 N–H and O–H groups in total. The maximum Gasteiger partial charge on any atom is 0.264 e. The highest BCUT2D eigenvalue weighted by atomic mass is 35.5. The third kappa shape index (κ3) is 8.96. The van der Waals surface area contributed by atoms with Crippen molar-refractivity contribution in [3.8, 4) is 0 Å². The van der Waals surface area contributed by atoms with Gasteiger partial charge in [-0.05, 0) is 60.7 Å². The van der Waals surface area contributed by atoms with Gasteiger partial charge in [0, 0.05) is 24.5 Å². The van der Waals surface area contributed by atoms with Crippen LogP contribution in [-0.2, 0) is 32.6 Å². The van der Waals surface area contributed by atoms with Crippen LogP contribution in [0.2, 0.25) is 5.02 Å². The fourth-order valence-corrected chi connectivity index (χ4v) is 6.45. The molecule has 0 radical (unpaired) electrons. The average Bonchev–Trinajstić information content (AvgIpc) is 3.03. The molecule has 45 heavy (non-hydrogen) atoms. The minimum Gasteiger partial charge on any atom is -0.354 e. The predicted octanol–water partition coefficient (Wildman–Crippen LogP) is 6.56. The zero-order valence-electron chi connectivity index (χ0n) is 26.1. The van der Waals surface area contributed by atoms with Crippen LogP contribution in [0.5, 0.6) is 0 Å². The molecule has 0 fully saturated rings. The van der Waals surface area contributed by atoms with Gasteiger partial charge < -0.3 is 10.2 Å². The Morgan fingerprint density at radius 3 is 2.04 bits per heavy atom. The molecule has 9 heteroatoms. The van der Waals surface area contributed by atoms with E-state index in [9.17, 15) is 18.0 Å². The summed E-state index contributed by atoms with van der Waals surface area (Å²) in [6.07, 6.45) is 0.254. The van der Waals surface area contributed by atoms with E-state index in [1.807, 2.05) is 82.3 Å². The number of amides is 2. The Morgan fingerprint density at radius 2 is 1.44 bits per heavy atom. The second-order valence-electron chi connectivity index (χ2n) is 11.6. The van der Waals surface area contributed by atoms with E-state index in [2.05, 4.69) is 5.32 Å². The lowest BCUT2D eigenvalue weighted by Crippen LogP contribution is -2.53. The van der Waals surface area contributed by atoms with Crippen molar-refractivity contribution in [2.45, 2.75) is 51.6 Å². The van der Waals surface area contributed by atoms with Crippen molar-refractivity contribution in [1.82, 2.24) is 10.2 Å². The third-order valence-electron chi connectivity index (χ3n) is 7.48. The number of carbonyl (C=O) groups is 2. The number of hydrogen-bond acceptors (Lipinski definition) is 4. The monoisotopic (exact) mass is 645 g/mol. The quantitative estimate of drug-likeness (QED) is 0.178. The van der Waals surface area contributed by atoms with E-state index < -0.39 is 28.5 Å². The summed E-state index contributed by atoms with van der Waals surface area (Å²) in [7, 11) is -4.19. The Balaban J connectivity index is 1.80. The maximum atomic E-state index is 14.5. The third-order valence-corrected chi connectivity index (χ3v) is 9.68. The van der Waals surface area contributed by atoms with Crippen molar-refractivity contribution in [2.24, 2.45) is 5.92 Å². The molecule has 4 aromatic carbocycles. The first-order chi connectivity index (χ1) is 21.5. The summed E-state index contributed by atoms with van der Waals surface area (Å²) in [5.41, 5.74) is 3.78. The summed E-state index contributed by atoms with van der Waals surface area (Å²) >= 11 is 6.45. The molecule has 0 aliphatic carbocycles. The molecular formula is C36H40ClN3O4S. The molecule has 4 aromatic rings. The molecule has 0 spiro atoms. The second-order valence-corrected chi connectivity index (χ2v) is 13.9. The van der Waals surface area contributed by atoms with Gasteiger partial charge in [0.15, 0.2) is 0 Å². The molecule has 0 aliphatic rings. The Hall–Kier alpha value is -4.14. The van der Waals surface area contributed by atoms with Crippen LogP contribution in [-0.4, -0.2) is 44.3 Å². The molecule has 0 bridgehead atoms. The number of sulfonamides is 1. The highest BCUT2D eigenvalue weighted by molar-refractivity contribution is 7.92. The van der Waals surface area contributed by atoms with Gasteiger partial charge in [-0.2, -0.15) is 0 Å². The first kappa shape index (κ1) is 33.7. The number of nitrogens with one attached hydrogen (secondary N) is 1. The van der Waals surface area contributed by atoms with E-state index in [4.69, 9.17) is 11.6 Å². The van der Waals surface area contributed by atoms with Crippen LogP contribution in [0.1, 0.15) is 36.1 Å². The number of nitrogens with zero attached hydrogens (tertiary/aromatic N) is 2. The van der Waals surface area contributed by atoms with Crippen LogP contribution in [0, 0.1) is 19.8 Å². The van der Waals surface area contributed by atoms with Gasteiger partial charge in [-0.15, -0.1) is 0 Å². The van der Waals surface area contributed by atoms with Gasteiger partial charge >= 0.3 is 0 Å². The number of benzene rings is 4. The van der Waals surface area contributed by atoms with Crippen molar-refractivity contribution < 1.29 is 18.0 Å². The number of halogens is 1. The second kappa shape index (κ2) is 15.2. The minimum absolute atomic E-state index is 0.0371. The lowest BCUT2D eigenvalue weighted by molar-refractivity contribution is -0.140. The summed E-state index contributed by atoms with van der Waals surface area (Å²) in [4.78, 5) is 29.9. The summed E-state index contributed by atoms with van der Waals surface area (Å²) in [6.45, 7) is 7.81. The Bertz CT molecular complexity index is 1700. The number of rotatable bonds is 13. The van der Waals surface area contributed by atoms with Gasteiger partial charge in [-0.3, -0.25) is 13.9 Å². The van der Waals surface area contributed by atoms with Gasteiger partial charge in [0.25, 0.3) is 10.0 Å². The van der Waals surface area contributed by atoms with Gasteiger partial charge in [-0.25, -0.2) is 8.42 Å². The fourth-order valence-electron chi connectivity index (χ4n) is 4.85. The molecular weight excluding hydrogens is 606 g/mol. The highest BCUT2D eigenvalue weighted by Gasteiger charge is 2.34. The summed E-state index contributed by atoms with van der Waals surface area (Å²) < 4.78 is 29.2. The Labute approximate surface area is 271 Å². The molecule has 2 amide bonds. The topological polar surface area (TPSA) is 86.8 Å². The van der Waals surface area contributed by atoms with Crippen LogP contribution < -0.4 is 9.62 Å². The molecule has 7 nitrogen and oxygen atoms in total. The zero-order chi connectivity index (χ0) is 32.6. The number of aryl methyl sites for hydroxylation is 2. The zero-order valence-corrected chi connectivity index (χ0v) is 27.7. The van der Waals surface area contributed by atoms with E-state index in [1.165, 1.54) is 17.0 Å². The smallest absolute Gasteiger partial charge is 0.264 e. The Kier molecular flexibility index (Phi) is 11.4. The molecule has 0 unspecified atom stereocenters. The van der Waals surface area contributed by atoms with Crippen LogP contribution in [0.4, 0.5) is 5.69 Å². The van der Waals surface area contributed by atoms with Crippen molar-refractivity contribution in [2.75, 3.05) is 17.4 Å². The lowest BCUT2D eigenvalue weighted by atomic mass is 10.0. The lowest BCUT2D eigenvalue weighted by Gasteiger charge is -2.34. The summed E-state index contributed by atoms with van der Waals surface area (Å²) in [5.74, 6) is -0.623. The van der Waals surface area contributed by atoms with Crippen LogP contribution in [0.3, 0.4) is 0 Å². The molecule has 236 valence electrons. The van der Waals surface area contributed by atoms with E-state index >= 15 is 0 Å². The van der Waals surface area contributed by atoms with Crippen molar-refractivity contribution in [1.29, 1.82) is 0 Å². The molecule has 4 rings (SSSR count). The van der Waals surface area contributed by atoms with Crippen molar-refractivity contribution in [3.63, 3.8) is 0 Å². The van der Waals surface area contributed by atoms with Crippen molar-refractivity contribution >= 4 is 39.1 Å². The fraction of sp³-hybridized carbons (Fsp3) is 0.278. The van der Waals surface area contributed by atoms with Gasteiger partial charge in [0.2, 0.25) is 11.8 Å². The van der Waals surface area contributed by atoms with E-state index in [0.717, 1.165) is 26.6 Å². The number of carbonyl (C=O) groups excluding carboxylic acids is 2. The van der Waals surface area contributed by atoms with Crippen LogP contribution in [0.15, 0.2) is 108 Å². The molecule has 1 atom stereocenters. The molecule has 0 aromatic heterocycles. The molecule has 0 heterocycles. The Morgan fingerprint density at radius 1 is 0.822 bits per heavy atom.